The normalized spacial score (nSPS) is 21.9. The van der Waals surface area contributed by atoms with Gasteiger partial charge in [0.15, 0.2) is 0 Å². The highest BCUT2D eigenvalue weighted by atomic mass is 79.9. The molecule has 0 N–H and O–H groups in total. The number of amides is 2. The highest BCUT2D eigenvalue weighted by Gasteiger charge is 2.36. The van der Waals surface area contributed by atoms with Crippen LogP contribution >= 0.6 is 27.7 Å². The lowest BCUT2D eigenvalue weighted by Crippen LogP contribution is -2.45. The van der Waals surface area contributed by atoms with Gasteiger partial charge in [0.25, 0.3) is 11.1 Å². The van der Waals surface area contributed by atoms with E-state index >= 15 is 0 Å². The molecule has 0 radical (unpaired) electrons. The molecule has 2 saturated heterocycles. The van der Waals surface area contributed by atoms with Crippen molar-refractivity contribution in [2.75, 3.05) is 33.0 Å². The number of carbonyl (C=O) groups is 2. The third-order valence-corrected chi connectivity index (χ3v) is 5.14. The Morgan fingerprint density at radius 1 is 1.23 bits per heavy atom. The lowest BCUT2D eigenvalue weighted by atomic mass is 10.2. The van der Waals surface area contributed by atoms with E-state index in [1.165, 1.54) is 4.90 Å². The van der Waals surface area contributed by atoms with Gasteiger partial charge >= 0.3 is 0 Å². The second-order valence-corrected chi connectivity index (χ2v) is 6.85. The van der Waals surface area contributed by atoms with Crippen LogP contribution in [0.1, 0.15) is 5.56 Å². The van der Waals surface area contributed by atoms with Crippen LogP contribution in [0.15, 0.2) is 33.6 Å². The number of rotatable bonds is 3. The minimum absolute atomic E-state index is 0.213. The fourth-order valence-electron chi connectivity index (χ4n) is 2.30. The molecular formula is C15H15BrN2O3S. The van der Waals surface area contributed by atoms with Crippen molar-refractivity contribution in [3.05, 3.63) is 39.2 Å². The quantitative estimate of drug-likeness (QED) is 0.752. The van der Waals surface area contributed by atoms with Gasteiger partial charge in [0.05, 0.1) is 24.8 Å². The van der Waals surface area contributed by atoms with Gasteiger partial charge in [-0.05, 0) is 29.5 Å². The summed E-state index contributed by atoms with van der Waals surface area (Å²) in [6.45, 7) is 3.10. The van der Waals surface area contributed by atoms with Crippen molar-refractivity contribution < 1.29 is 14.3 Å². The van der Waals surface area contributed by atoms with Crippen LogP contribution in [0.25, 0.3) is 6.08 Å². The molecule has 2 amide bonds. The van der Waals surface area contributed by atoms with E-state index in [0.29, 0.717) is 24.8 Å². The smallest absolute Gasteiger partial charge is 0.294 e. The SMILES string of the molecule is O=C1SC(=Cc2ccccc2Br)C(=O)N1CN1CCOCC1. The number of morpholine rings is 1. The Kier molecular flexibility index (Phi) is 4.97. The molecule has 7 heteroatoms. The average molecular weight is 383 g/mol. The summed E-state index contributed by atoms with van der Waals surface area (Å²) >= 11 is 4.44. The molecule has 0 unspecified atom stereocenters. The Morgan fingerprint density at radius 2 is 1.95 bits per heavy atom. The van der Waals surface area contributed by atoms with E-state index in [-0.39, 0.29) is 11.1 Å². The van der Waals surface area contributed by atoms with E-state index in [0.717, 1.165) is 34.9 Å². The molecule has 1 aromatic carbocycles. The molecule has 116 valence electrons. The number of ether oxygens (including phenoxy) is 1. The summed E-state index contributed by atoms with van der Waals surface area (Å²) in [5.41, 5.74) is 0.888. The van der Waals surface area contributed by atoms with Gasteiger partial charge in [-0.15, -0.1) is 0 Å². The summed E-state index contributed by atoms with van der Waals surface area (Å²) in [7, 11) is 0. The lowest BCUT2D eigenvalue weighted by Gasteiger charge is -2.29. The number of imide groups is 1. The number of hydrogen-bond donors (Lipinski definition) is 0. The van der Waals surface area contributed by atoms with Gasteiger partial charge in [-0.2, -0.15) is 0 Å². The molecular weight excluding hydrogens is 368 g/mol. The van der Waals surface area contributed by atoms with Crippen LogP contribution in [0.3, 0.4) is 0 Å². The molecule has 0 aromatic heterocycles. The summed E-state index contributed by atoms with van der Waals surface area (Å²) in [5.74, 6) is -0.225. The van der Waals surface area contributed by atoms with Crippen molar-refractivity contribution in [1.29, 1.82) is 0 Å². The monoisotopic (exact) mass is 382 g/mol. The van der Waals surface area contributed by atoms with E-state index in [1.54, 1.807) is 6.08 Å². The van der Waals surface area contributed by atoms with Crippen molar-refractivity contribution in [3.8, 4) is 0 Å². The van der Waals surface area contributed by atoms with Crippen LogP contribution < -0.4 is 0 Å². The largest absolute Gasteiger partial charge is 0.379 e. The Morgan fingerprint density at radius 3 is 2.68 bits per heavy atom. The molecule has 0 spiro atoms. The molecule has 2 heterocycles. The van der Waals surface area contributed by atoms with E-state index in [4.69, 9.17) is 4.74 Å². The number of nitrogens with zero attached hydrogens (tertiary/aromatic N) is 2. The van der Waals surface area contributed by atoms with Crippen LogP contribution in [0.4, 0.5) is 4.79 Å². The van der Waals surface area contributed by atoms with Gasteiger partial charge in [-0.3, -0.25) is 19.4 Å². The Labute approximate surface area is 141 Å². The maximum absolute atomic E-state index is 12.4. The molecule has 0 saturated carbocycles. The van der Waals surface area contributed by atoms with Crippen LogP contribution in [-0.2, 0) is 9.53 Å². The predicted molar refractivity (Wildman–Crippen MR) is 89.2 cm³/mol. The molecule has 5 nitrogen and oxygen atoms in total. The van der Waals surface area contributed by atoms with Gasteiger partial charge in [0, 0.05) is 17.6 Å². The molecule has 1 aromatic rings. The average Bonchev–Trinajstić information content (AvgIpc) is 2.78. The first-order chi connectivity index (χ1) is 10.6. The van der Waals surface area contributed by atoms with Crippen LogP contribution in [-0.4, -0.2) is 53.9 Å². The third kappa shape index (κ3) is 3.43. The molecule has 0 atom stereocenters. The van der Waals surface area contributed by atoms with E-state index < -0.39 is 0 Å². The predicted octanol–water partition coefficient (Wildman–Crippen LogP) is 2.78. The van der Waals surface area contributed by atoms with E-state index in [2.05, 4.69) is 20.8 Å². The van der Waals surface area contributed by atoms with Gasteiger partial charge in [-0.1, -0.05) is 34.1 Å². The van der Waals surface area contributed by atoms with Crippen molar-refractivity contribution in [1.82, 2.24) is 9.80 Å². The van der Waals surface area contributed by atoms with E-state index in [1.807, 2.05) is 24.3 Å². The summed E-state index contributed by atoms with van der Waals surface area (Å²) in [4.78, 5) is 28.4. The second-order valence-electron chi connectivity index (χ2n) is 5.00. The zero-order valence-corrected chi connectivity index (χ0v) is 14.2. The molecule has 2 aliphatic heterocycles. The first-order valence-corrected chi connectivity index (χ1v) is 8.56. The molecule has 0 bridgehead atoms. The maximum atomic E-state index is 12.4. The van der Waals surface area contributed by atoms with E-state index in [9.17, 15) is 9.59 Å². The minimum atomic E-state index is -0.225. The van der Waals surface area contributed by atoms with Crippen molar-refractivity contribution in [2.24, 2.45) is 0 Å². The molecule has 2 aliphatic rings. The lowest BCUT2D eigenvalue weighted by molar-refractivity contribution is -0.125. The Hall–Kier alpha value is -1.15. The zero-order chi connectivity index (χ0) is 15.5. The molecule has 0 aliphatic carbocycles. The Balaban J connectivity index is 1.75. The number of thioether (sulfide) groups is 1. The summed E-state index contributed by atoms with van der Waals surface area (Å²) in [5, 5.41) is -0.213. The fraction of sp³-hybridized carbons (Fsp3) is 0.333. The number of carbonyl (C=O) groups excluding carboxylic acids is 2. The van der Waals surface area contributed by atoms with Crippen molar-refractivity contribution in [3.63, 3.8) is 0 Å². The van der Waals surface area contributed by atoms with Crippen LogP contribution in [0.5, 0.6) is 0 Å². The first kappa shape index (κ1) is 15.7. The number of hydrogen-bond acceptors (Lipinski definition) is 5. The standard InChI is InChI=1S/C15H15BrN2O3S/c16-12-4-2-1-3-11(12)9-13-14(19)18(15(20)22-13)10-17-5-7-21-8-6-17/h1-4,9H,5-8,10H2. The second kappa shape index (κ2) is 6.95. The highest BCUT2D eigenvalue weighted by molar-refractivity contribution is 9.10. The topological polar surface area (TPSA) is 49.9 Å². The van der Waals surface area contributed by atoms with Crippen molar-refractivity contribution in [2.45, 2.75) is 0 Å². The molecule has 2 fully saturated rings. The van der Waals surface area contributed by atoms with Crippen LogP contribution in [0, 0.1) is 0 Å². The third-order valence-electron chi connectivity index (χ3n) is 3.51. The minimum Gasteiger partial charge on any atom is -0.379 e. The van der Waals surface area contributed by atoms with Crippen molar-refractivity contribution >= 4 is 44.9 Å². The Bertz CT molecular complexity index is 629. The summed E-state index contributed by atoms with van der Waals surface area (Å²) in [6.07, 6.45) is 1.76. The highest BCUT2D eigenvalue weighted by Crippen LogP contribution is 2.33. The maximum Gasteiger partial charge on any atom is 0.294 e. The van der Waals surface area contributed by atoms with Gasteiger partial charge in [-0.25, -0.2) is 0 Å². The van der Waals surface area contributed by atoms with Crippen LogP contribution in [0.2, 0.25) is 0 Å². The summed E-state index contributed by atoms with van der Waals surface area (Å²) < 4.78 is 6.18. The number of benzene rings is 1. The zero-order valence-electron chi connectivity index (χ0n) is 11.8. The van der Waals surface area contributed by atoms with Gasteiger partial charge < -0.3 is 4.74 Å². The summed E-state index contributed by atoms with van der Waals surface area (Å²) in [6, 6.07) is 7.62. The van der Waals surface area contributed by atoms with Gasteiger partial charge in [0.1, 0.15) is 0 Å². The number of halogens is 1. The molecule has 22 heavy (non-hydrogen) atoms. The first-order valence-electron chi connectivity index (χ1n) is 6.95. The molecule has 3 rings (SSSR count). The fourth-order valence-corrected chi connectivity index (χ4v) is 3.52. The van der Waals surface area contributed by atoms with Gasteiger partial charge in [0.2, 0.25) is 0 Å².